The van der Waals surface area contributed by atoms with Crippen LogP contribution < -0.4 is 11.3 Å². The fourth-order valence-corrected chi connectivity index (χ4v) is 2.75. The zero-order valence-corrected chi connectivity index (χ0v) is 11.8. The van der Waals surface area contributed by atoms with E-state index in [4.69, 9.17) is 5.84 Å². The van der Waals surface area contributed by atoms with Crippen LogP contribution in [0.3, 0.4) is 0 Å². The Labute approximate surface area is 114 Å². The number of carbonyl (C=O) groups excluding carboxylic acids is 1. The second-order valence-electron chi connectivity index (χ2n) is 5.41. The summed E-state index contributed by atoms with van der Waals surface area (Å²) in [7, 11) is 4.12. The maximum absolute atomic E-state index is 12.6. The topological polar surface area (TPSA) is 61.6 Å². The van der Waals surface area contributed by atoms with Crippen molar-refractivity contribution in [3.8, 4) is 0 Å². The van der Waals surface area contributed by atoms with Crippen LogP contribution in [0, 0.1) is 5.92 Å². The van der Waals surface area contributed by atoms with Crippen molar-refractivity contribution in [2.75, 3.05) is 32.6 Å². The molecule has 1 heterocycles. The van der Waals surface area contributed by atoms with Crippen LogP contribution in [0.4, 0.5) is 5.69 Å². The minimum absolute atomic E-state index is 0.0461. The van der Waals surface area contributed by atoms with E-state index in [2.05, 4.69) is 31.3 Å². The molecule has 0 radical (unpaired) electrons. The molecule has 1 aliphatic heterocycles. The van der Waals surface area contributed by atoms with Crippen molar-refractivity contribution in [3.05, 3.63) is 29.8 Å². The molecule has 1 aromatic carbocycles. The molecule has 1 aliphatic rings. The van der Waals surface area contributed by atoms with E-state index in [1.54, 1.807) is 0 Å². The zero-order chi connectivity index (χ0) is 14.0. The smallest absolute Gasteiger partial charge is 0.256 e. The summed E-state index contributed by atoms with van der Waals surface area (Å²) >= 11 is 0. The second-order valence-corrected chi connectivity index (χ2v) is 5.41. The van der Waals surface area contributed by atoms with Gasteiger partial charge in [-0.1, -0.05) is 19.1 Å². The monoisotopic (exact) mass is 262 g/mol. The summed E-state index contributed by atoms with van der Waals surface area (Å²) < 4.78 is 0. The maximum atomic E-state index is 12.6. The van der Waals surface area contributed by atoms with Crippen molar-refractivity contribution in [2.24, 2.45) is 11.8 Å². The van der Waals surface area contributed by atoms with Gasteiger partial charge in [0.05, 0.1) is 11.3 Å². The first-order valence-corrected chi connectivity index (χ1v) is 6.56. The van der Waals surface area contributed by atoms with Crippen LogP contribution >= 0.6 is 0 Å². The Hall–Kier alpha value is -1.59. The van der Waals surface area contributed by atoms with Crippen molar-refractivity contribution in [1.29, 1.82) is 0 Å². The van der Waals surface area contributed by atoms with Crippen molar-refractivity contribution < 1.29 is 4.79 Å². The Morgan fingerprint density at radius 1 is 1.37 bits per heavy atom. The second kappa shape index (κ2) is 5.59. The summed E-state index contributed by atoms with van der Waals surface area (Å²) in [6.07, 6.45) is 0. The number of nitrogen functional groups attached to an aromatic ring is 1. The number of nitrogens with zero attached hydrogens (tertiary/aromatic N) is 2. The quantitative estimate of drug-likeness (QED) is 0.630. The standard InChI is InChI=1S/C14H22N4O/c1-10-8-18(9-13(10)17(2)3)14(19)11-6-4-5-7-12(11)16-15/h4-7,10,13,16H,8-9,15H2,1-3H3. The number of benzene rings is 1. The molecule has 1 amide bonds. The van der Waals surface area contributed by atoms with Crippen LogP contribution in [0.15, 0.2) is 24.3 Å². The Morgan fingerprint density at radius 3 is 2.63 bits per heavy atom. The Balaban J connectivity index is 2.17. The lowest BCUT2D eigenvalue weighted by Crippen LogP contribution is -2.36. The summed E-state index contributed by atoms with van der Waals surface area (Å²) in [5, 5.41) is 0. The van der Waals surface area contributed by atoms with E-state index in [1.807, 2.05) is 29.2 Å². The fourth-order valence-electron chi connectivity index (χ4n) is 2.75. The molecule has 104 valence electrons. The molecule has 3 N–H and O–H groups in total. The lowest BCUT2D eigenvalue weighted by atomic mass is 10.1. The summed E-state index contributed by atoms with van der Waals surface area (Å²) in [4.78, 5) is 16.6. The SMILES string of the molecule is CC1CN(C(=O)c2ccccc2NN)CC1N(C)C. The number of likely N-dealkylation sites (N-methyl/N-ethyl adjacent to an activating group) is 1. The van der Waals surface area contributed by atoms with E-state index >= 15 is 0 Å². The van der Waals surface area contributed by atoms with E-state index < -0.39 is 0 Å². The number of carbonyl (C=O) groups is 1. The highest BCUT2D eigenvalue weighted by molar-refractivity contribution is 5.99. The molecular formula is C14H22N4O. The van der Waals surface area contributed by atoms with E-state index in [0.717, 1.165) is 13.1 Å². The van der Waals surface area contributed by atoms with E-state index in [-0.39, 0.29) is 5.91 Å². The molecule has 0 saturated carbocycles. The van der Waals surface area contributed by atoms with Crippen LogP contribution in [0.1, 0.15) is 17.3 Å². The van der Waals surface area contributed by atoms with E-state index in [1.165, 1.54) is 0 Å². The first kappa shape index (κ1) is 13.8. The number of amides is 1. The number of likely N-dealkylation sites (tertiary alicyclic amines) is 1. The number of rotatable bonds is 3. The molecule has 2 atom stereocenters. The molecular weight excluding hydrogens is 240 g/mol. The molecule has 5 heteroatoms. The van der Waals surface area contributed by atoms with Gasteiger partial charge in [0, 0.05) is 19.1 Å². The Bertz CT molecular complexity index is 461. The summed E-state index contributed by atoms with van der Waals surface area (Å²) in [6.45, 7) is 3.75. The van der Waals surface area contributed by atoms with Crippen LogP contribution in [0.5, 0.6) is 0 Å². The molecule has 0 bridgehead atoms. The number of nitrogens with one attached hydrogen (secondary N) is 1. The zero-order valence-electron chi connectivity index (χ0n) is 11.8. The average molecular weight is 262 g/mol. The average Bonchev–Trinajstić information content (AvgIpc) is 2.80. The number of nitrogens with two attached hydrogens (primary N) is 1. The van der Waals surface area contributed by atoms with Gasteiger partial charge in [-0.3, -0.25) is 10.6 Å². The van der Waals surface area contributed by atoms with Gasteiger partial charge in [-0.05, 0) is 32.1 Å². The highest BCUT2D eigenvalue weighted by Crippen LogP contribution is 2.24. The van der Waals surface area contributed by atoms with Crippen molar-refractivity contribution in [2.45, 2.75) is 13.0 Å². The van der Waals surface area contributed by atoms with Crippen LogP contribution in [0.25, 0.3) is 0 Å². The van der Waals surface area contributed by atoms with Gasteiger partial charge in [0.25, 0.3) is 5.91 Å². The minimum atomic E-state index is 0.0461. The molecule has 1 saturated heterocycles. The third kappa shape index (κ3) is 2.72. The molecule has 2 rings (SSSR count). The van der Waals surface area contributed by atoms with Gasteiger partial charge in [0.15, 0.2) is 0 Å². The lowest BCUT2D eigenvalue weighted by Gasteiger charge is -2.22. The predicted molar refractivity (Wildman–Crippen MR) is 76.8 cm³/mol. The van der Waals surface area contributed by atoms with Crippen molar-refractivity contribution in [3.63, 3.8) is 0 Å². The van der Waals surface area contributed by atoms with E-state index in [9.17, 15) is 4.79 Å². The van der Waals surface area contributed by atoms with Crippen LogP contribution in [-0.2, 0) is 0 Å². The fraction of sp³-hybridized carbons (Fsp3) is 0.500. The van der Waals surface area contributed by atoms with Gasteiger partial charge in [-0.15, -0.1) is 0 Å². The Morgan fingerprint density at radius 2 is 2.05 bits per heavy atom. The Kier molecular flexibility index (Phi) is 4.07. The summed E-state index contributed by atoms with van der Waals surface area (Å²) in [5.41, 5.74) is 3.90. The molecule has 19 heavy (non-hydrogen) atoms. The van der Waals surface area contributed by atoms with Crippen LogP contribution in [0.2, 0.25) is 0 Å². The third-order valence-electron chi connectivity index (χ3n) is 3.84. The van der Waals surface area contributed by atoms with Crippen molar-refractivity contribution >= 4 is 11.6 Å². The molecule has 5 nitrogen and oxygen atoms in total. The highest BCUT2D eigenvalue weighted by Gasteiger charge is 2.34. The first-order valence-electron chi connectivity index (χ1n) is 6.56. The van der Waals surface area contributed by atoms with Crippen LogP contribution in [-0.4, -0.2) is 48.9 Å². The molecule has 2 unspecified atom stereocenters. The van der Waals surface area contributed by atoms with Gasteiger partial charge in [-0.2, -0.15) is 0 Å². The summed E-state index contributed by atoms with van der Waals surface area (Å²) in [5.74, 6) is 5.99. The maximum Gasteiger partial charge on any atom is 0.256 e. The van der Waals surface area contributed by atoms with Gasteiger partial charge in [0.1, 0.15) is 0 Å². The molecule has 0 aliphatic carbocycles. The molecule has 0 aromatic heterocycles. The van der Waals surface area contributed by atoms with Gasteiger partial charge >= 0.3 is 0 Å². The highest BCUT2D eigenvalue weighted by atomic mass is 16.2. The number of anilines is 1. The molecule has 1 aromatic rings. The number of hydrogen-bond donors (Lipinski definition) is 2. The first-order chi connectivity index (χ1) is 9.04. The normalized spacial score (nSPS) is 22.9. The molecule has 1 fully saturated rings. The number of para-hydroxylation sites is 1. The predicted octanol–water partition coefficient (Wildman–Crippen LogP) is 0.994. The van der Waals surface area contributed by atoms with Gasteiger partial charge in [0.2, 0.25) is 0 Å². The van der Waals surface area contributed by atoms with Crippen molar-refractivity contribution in [1.82, 2.24) is 9.80 Å². The number of hydrogen-bond acceptors (Lipinski definition) is 4. The largest absolute Gasteiger partial charge is 0.337 e. The number of hydrazine groups is 1. The minimum Gasteiger partial charge on any atom is -0.337 e. The lowest BCUT2D eigenvalue weighted by molar-refractivity contribution is 0.0782. The van der Waals surface area contributed by atoms with Gasteiger partial charge < -0.3 is 15.2 Å². The summed E-state index contributed by atoms with van der Waals surface area (Å²) in [6, 6.07) is 7.77. The van der Waals surface area contributed by atoms with E-state index in [0.29, 0.717) is 23.2 Å². The third-order valence-corrected chi connectivity index (χ3v) is 3.84. The van der Waals surface area contributed by atoms with Gasteiger partial charge in [-0.25, -0.2) is 0 Å². The molecule has 0 spiro atoms.